The number of piperidine rings is 1. The van der Waals surface area contributed by atoms with Crippen LogP contribution in [0.2, 0.25) is 0 Å². The number of ether oxygens (including phenoxy) is 1. The number of hydrogen-bond acceptors (Lipinski definition) is 5. The zero-order valence-corrected chi connectivity index (χ0v) is 16.2. The van der Waals surface area contributed by atoms with Gasteiger partial charge in [-0.1, -0.05) is 6.92 Å². The lowest BCUT2D eigenvalue weighted by molar-refractivity contribution is 0.136. The van der Waals surface area contributed by atoms with Gasteiger partial charge in [0.25, 0.3) is 5.56 Å². The van der Waals surface area contributed by atoms with E-state index in [-0.39, 0.29) is 11.2 Å². The summed E-state index contributed by atoms with van der Waals surface area (Å²) in [6.45, 7) is 8.66. The molecule has 0 N–H and O–H groups in total. The Labute approximate surface area is 153 Å². The van der Waals surface area contributed by atoms with Gasteiger partial charge >= 0.3 is 5.69 Å². The number of hydrogen-bond donors (Lipinski definition) is 0. The van der Waals surface area contributed by atoms with Crippen molar-refractivity contribution in [2.24, 2.45) is 20.0 Å². The molecule has 0 aromatic carbocycles. The van der Waals surface area contributed by atoms with Gasteiger partial charge in [-0.05, 0) is 32.2 Å². The fraction of sp³-hybridized carbons (Fsp3) is 0.722. The Morgan fingerprint density at radius 2 is 2.00 bits per heavy atom. The fourth-order valence-corrected chi connectivity index (χ4v) is 3.78. The summed E-state index contributed by atoms with van der Waals surface area (Å²) in [5.41, 5.74) is 0.282. The molecule has 144 valence electrons. The molecule has 3 rings (SSSR count). The van der Waals surface area contributed by atoms with Gasteiger partial charge < -0.3 is 9.30 Å². The Morgan fingerprint density at radius 1 is 1.23 bits per heavy atom. The molecule has 0 aliphatic carbocycles. The molecule has 26 heavy (non-hydrogen) atoms. The van der Waals surface area contributed by atoms with Gasteiger partial charge in [-0.3, -0.25) is 18.8 Å². The van der Waals surface area contributed by atoms with Crippen LogP contribution in [-0.2, 0) is 31.9 Å². The molecule has 0 unspecified atom stereocenters. The smallest absolute Gasteiger partial charge is 0.332 e. The lowest BCUT2D eigenvalue weighted by atomic mass is 10.0. The Hall–Kier alpha value is -1.93. The van der Waals surface area contributed by atoms with E-state index in [4.69, 9.17) is 4.74 Å². The predicted octanol–water partition coefficient (Wildman–Crippen LogP) is 0.702. The highest BCUT2D eigenvalue weighted by Crippen LogP contribution is 2.19. The molecule has 8 heteroatoms. The van der Waals surface area contributed by atoms with E-state index in [0.717, 1.165) is 23.5 Å². The topological polar surface area (TPSA) is 74.3 Å². The van der Waals surface area contributed by atoms with E-state index in [1.54, 1.807) is 7.05 Å². The van der Waals surface area contributed by atoms with Crippen LogP contribution in [0.3, 0.4) is 0 Å². The van der Waals surface area contributed by atoms with Gasteiger partial charge in [0.15, 0.2) is 11.2 Å². The van der Waals surface area contributed by atoms with Crippen LogP contribution < -0.4 is 11.2 Å². The number of fused-ring (bicyclic) bond motifs is 1. The van der Waals surface area contributed by atoms with Crippen LogP contribution in [0.25, 0.3) is 11.2 Å². The van der Waals surface area contributed by atoms with Crippen molar-refractivity contribution in [3.8, 4) is 0 Å². The summed E-state index contributed by atoms with van der Waals surface area (Å²) in [6, 6.07) is 0. The van der Waals surface area contributed by atoms with Crippen molar-refractivity contribution in [3.63, 3.8) is 0 Å². The summed E-state index contributed by atoms with van der Waals surface area (Å²) in [4.78, 5) is 32.1. The minimum atomic E-state index is -0.352. The molecule has 1 fully saturated rings. The van der Waals surface area contributed by atoms with Crippen LogP contribution in [0.5, 0.6) is 0 Å². The molecule has 0 radical (unpaired) electrons. The second-order valence-electron chi connectivity index (χ2n) is 7.24. The molecule has 1 atom stereocenters. The number of rotatable bonds is 6. The summed E-state index contributed by atoms with van der Waals surface area (Å²) in [6.07, 6.45) is 2.44. The maximum atomic E-state index is 12.7. The number of aryl methyl sites for hydroxylation is 1. The first-order chi connectivity index (χ1) is 12.4. The number of imidazole rings is 1. The molecule has 0 amide bonds. The molecule has 3 heterocycles. The van der Waals surface area contributed by atoms with Gasteiger partial charge in [-0.25, -0.2) is 9.78 Å². The van der Waals surface area contributed by atoms with Crippen molar-refractivity contribution in [1.82, 2.24) is 23.6 Å². The van der Waals surface area contributed by atoms with Crippen LogP contribution in [0.1, 0.15) is 32.5 Å². The summed E-state index contributed by atoms with van der Waals surface area (Å²) in [5, 5.41) is 0. The number of aromatic nitrogens is 4. The van der Waals surface area contributed by atoms with Crippen molar-refractivity contribution >= 4 is 11.2 Å². The zero-order valence-electron chi connectivity index (χ0n) is 16.2. The second kappa shape index (κ2) is 7.75. The van der Waals surface area contributed by atoms with Crippen LogP contribution in [0.4, 0.5) is 0 Å². The Bertz CT molecular complexity index is 895. The fourth-order valence-electron chi connectivity index (χ4n) is 3.78. The van der Waals surface area contributed by atoms with Gasteiger partial charge in [0.1, 0.15) is 5.82 Å². The highest BCUT2D eigenvalue weighted by Gasteiger charge is 2.22. The molecule has 2 aromatic heterocycles. The number of nitrogens with zero attached hydrogens (tertiary/aromatic N) is 5. The van der Waals surface area contributed by atoms with Crippen molar-refractivity contribution in [3.05, 3.63) is 26.7 Å². The maximum absolute atomic E-state index is 12.7. The first-order valence-corrected chi connectivity index (χ1v) is 9.39. The zero-order chi connectivity index (χ0) is 18.8. The van der Waals surface area contributed by atoms with Gasteiger partial charge in [0.05, 0.1) is 13.2 Å². The van der Waals surface area contributed by atoms with E-state index in [1.807, 2.05) is 11.5 Å². The highest BCUT2D eigenvalue weighted by atomic mass is 16.5. The van der Waals surface area contributed by atoms with Gasteiger partial charge in [-0.2, -0.15) is 0 Å². The van der Waals surface area contributed by atoms with E-state index in [1.165, 1.54) is 24.5 Å². The third kappa shape index (κ3) is 3.48. The first kappa shape index (κ1) is 18.8. The Morgan fingerprint density at radius 3 is 2.69 bits per heavy atom. The molecular formula is C18H29N5O3. The summed E-state index contributed by atoms with van der Waals surface area (Å²) in [5.74, 6) is 1.49. The van der Waals surface area contributed by atoms with Crippen LogP contribution in [0.15, 0.2) is 9.59 Å². The van der Waals surface area contributed by atoms with Crippen molar-refractivity contribution in [2.75, 3.05) is 26.3 Å². The Kier molecular flexibility index (Phi) is 5.62. The van der Waals surface area contributed by atoms with E-state index in [2.05, 4.69) is 16.8 Å². The molecule has 0 spiro atoms. The summed E-state index contributed by atoms with van der Waals surface area (Å²) < 4.78 is 10.0. The van der Waals surface area contributed by atoms with Crippen molar-refractivity contribution < 1.29 is 4.74 Å². The normalized spacial score (nSPS) is 18.7. The molecule has 0 bridgehead atoms. The summed E-state index contributed by atoms with van der Waals surface area (Å²) >= 11 is 0. The van der Waals surface area contributed by atoms with Gasteiger partial charge in [0, 0.05) is 33.8 Å². The Balaban J connectivity index is 2.07. The standard InChI is InChI=1S/C18H29N5O3/c1-5-26-10-9-23-14(12-22-8-6-7-13(2)11-22)19-16-15(23)17(24)21(4)18(25)20(16)3/h13H,5-12H2,1-4H3/t13-/m1/s1. The van der Waals surface area contributed by atoms with Crippen molar-refractivity contribution in [2.45, 2.75) is 39.8 Å². The van der Waals surface area contributed by atoms with Crippen molar-refractivity contribution in [1.29, 1.82) is 0 Å². The lowest BCUT2D eigenvalue weighted by Gasteiger charge is -2.30. The largest absolute Gasteiger partial charge is 0.380 e. The number of likely N-dealkylation sites (tertiary alicyclic amines) is 1. The lowest BCUT2D eigenvalue weighted by Crippen LogP contribution is -2.37. The minimum absolute atomic E-state index is 0.301. The van der Waals surface area contributed by atoms with Crippen LogP contribution in [-0.4, -0.2) is 49.9 Å². The van der Waals surface area contributed by atoms with E-state index in [0.29, 0.717) is 43.4 Å². The molecule has 1 aliphatic rings. The van der Waals surface area contributed by atoms with Gasteiger partial charge in [0.2, 0.25) is 0 Å². The first-order valence-electron chi connectivity index (χ1n) is 9.39. The summed E-state index contributed by atoms with van der Waals surface area (Å²) in [7, 11) is 3.17. The van der Waals surface area contributed by atoms with Gasteiger partial charge in [-0.15, -0.1) is 0 Å². The second-order valence-corrected chi connectivity index (χ2v) is 7.24. The van der Waals surface area contributed by atoms with Crippen LogP contribution >= 0.6 is 0 Å². The van der Waals surface area contributed by atoms with E-state index < -0.39 is 0 Å². The molecule has 1 saturated heterocycles. The minimum Gasteiger partial charge on any atom is -0.380 e. The highest BCUT2D eigenvalue weighted by molar-refractivity contribution is 5.71. The van der Waals surface area contributed by atoms with Crippen LogP contribution in [0, 0.1) is 5.92 Å². The SMILES string of the molecule is CCOCCn1c(CN2CCC[C@@H](C)C2)nc2c1c(=O)n(C)c(=O)n2C. The molecular weight excluding hydrogens is 334 g/mol. The van der Waals surface area contributed by atoms with E-state index >= 15 is 0 Å². The maximum Gasteiger partial charge on any atom is 0.332 e. The monoisotopic (exact) mass is 363 g/mol. The molecule has 8 nitrogen and oxygen atoms in total. The third-order valence-corrected chi connectivity index (χ3v) is 5.20. The third-order valence-electron chi connectivity index (χ3n) is 5.20. The quantitative estimate of drug-likeness (QED) is 0.707. The molecule has 1 aliphatic heterocycles. The molecule has 2 aromatic rings. The predicted molar refractivity (Wildman–Crippen MR) is 100 cm³/mol. The average molecular weight is 363 g/mol. The van der Waals surface area contributed by atoms with E-state index in [9.17, 15) is 9.59 Å². The molecule has 0 saturated carbocycles. The average Bonchev–Trinajstić information content (AvgIpc) is 2.97.